The number of halogens is 1. The number of rotatable bonds is 4. The van der Waals surface area contributed by atoms with Gasteiger partial charge in [0.1, 0.15) is 11.9 Å². The van der Waals surface area contributed by atoms with Gasteiger partial charge in [-0.25, -0.2) is 0 Å². The molecule has 1 heterocycles. The van der Waals surface area contributed by atoms with E-state index in [1.54, 1.807) is 7.11 Å². The molecule has 0 saturated carbocycles. The molecule has 0 aliphatic carbocycles. The number of nitrogens with zero attached hydrogens (tertiary/aromatic N) is 2. The number of ether oxygens (including phenoxy) is 1. The smallest absolute Gasteiger partial charge is 0.140 e. The van der Waals surface area contributed by atoms with Gasteiger partial charge in [-0.2, -0.15) is 0 Å². The van der Waals surface area contributed by atoms with E-state index < -0.39 is 0 Å². The zero-order valence-electron chi connectivity index (χ0n) is 16.5. The molecule has 1 fully saturated rings. The molecule has 28 heavy (non-hydrogen) atoms. The highest BCUT2D eigenvalue weighted by molar-refractivity contribution is 9.10. The number of hydrogen-bond acceptors (Lipinski definition) is 3. The summed E-state index contributed by atoms with van der Waals surface area (Å²) in [7, 11) is 1.74. The Bertz CT molecular complexity index is 900. The van der Waals surface area contributed by atoms with Crippen LogP contribution in [0.4, 0.5) is 11.4 Å². The van der Waals surface area contributed by atoms with Crippen molar-refractivity contribution in [3.8, 4) is 5.75 Å². The zero-order chi connectivity index (χ0) is 19.7. The van der Waals surface area contributed by atoms with Crippen LogP contribution in [0.2, 0.25) is 0 Å². The van der Waals surface area contributed by atoms with Crippen molar-refractivity contribution >= 4 is 27.3 Å². The first-order chi connectivity index (χ1) is 13.6. The first kappa shape index (κ1) is 18.9. The lowest BCUT2D eigenvalue weighted by atomic mass is 10.1. The van der Waals surface area contributed by atoms with Gasteiger partial charge in [-0.15, -0.1) is 0 Å². The molecule has 0 unspecified atom stereocenters. The Hall–Kier alpha value is -2.46. The van der Waals surface area contributed by atoms with E-state index in [1.807, 2.05) is 6.07 Å². The molecule has 4 rings (SSSR count). The number of benzene rings is 3. The monoisotopic (exact) mass is 436 g/mol. The van der Waals surface area contributed by atoms with Crippen LogP contribution in [0.3, 0.4) is 0 Å². The third-order valence-electron chi connectivity index (χ3n) is 5.38. The van der Waals surface area contributed by atoms with Crippen molar-refractivity contribution in [2.45, 2.75) is 20.0 Å². The predicted octanol–water partition coefficient (Wildman–Crippen LogP) is 6.10. The highest BCUT2D eigenvalue weighted by Gasteiger charge is 2.35. The van der Waals surface area contributed by atoms with Gasteiger partial charge in [0, 0.05) is 30.0 Å². The summed E-state index contributed by atoms with van der Waals surface area (Å²) >= 11 is 3.66. The maximum atomic E-state index is 5.79. The molecule has 3 nitrogen and oxygen atoms in total. The second-order valence-corrected chi connectivity index (χ2v) is 8.15. The van der Waals surface area contributed by atoms with Crippen molar-refractivity contribution in [2.24, 2.45) is 0 Å². The predicted molar refractivity (Wildman–Crippen MR) is 120 cm³/mol. The van der Waals surface area contributed by atoms with Crippen LogP contribution in [0, 0.1) is 13.8 Å². The Morgan fingerprint density at radius 3 is 1.75 bits per heavy atom. The van der Waals surface area contributed by atoms with Gasteiger partial charge in [0.25, 0.3) is 0 Å². The first-order valence-corrected chi connectivity index (χ1v) is 10.4. The number of methoxy groups -OCH3 is 1. The van der Waals surface area contributed by atoms with Crippen LogP contribution in [0.25, 0.3) is 0 Å². The van der Waals surface area contributed by atoms with Crippen LogP contribution in [-0.2, 0) is 0 Å². The fraction of sp³-hybridized carbons (Fsp3) is 0.250. The molecule has 0 radical (unpaired) electrons. The van der Waals surface area contributed by atoms with Crippen LogP contribution in [0.15, 0.2) is 71.2 Å². The second kappa shape index (κ2) is 7.88. The van der Waals surface area contributed by atoms with E-state index in [0.29, 0.717) is 0 Å². The minimum absolute atomic E-state index is 0.0675. The second-order valence-electron chi connectivity index (χ2n) is 7.29. The van der Waals surface area contributed by atoms with Gasteiger partial charge in [-0.1, -0.05) is 47.5 Å². The molecule has 0 atom stereocenters. The molecule has 1 saturated heterocycles. The maximum Gasteiger partial charge on any atom is 0.140 e. The molecule has 4 heteroatoms. The maximum absolute atomic E-state index is 5.79. The molecule has 1 aliphatic heterocycles. The Kier molecular flexibility index (Phi) is 5.31. The molecule has 0 amide bonds. The van der Waals surface area contributed by atoms with Crippen LogP contribution in [-0.4, -0.2) is 20.2 Å². The van der Waals surface area contributed by atoms with E-state index in [4.69, 9.17) is 4.74 Å². The highest BCUT2D eigenvalue weighted by Crippen LogP contribution is 2.43. The third kappa shape index (κ3) is 3.49. The Morgan fingerprint density at radius 2 is 1.29 bits per heavy atom. The van der Waals surface area contributed by atoms with Crippen LogP contribution < -0.4 is 14.5 Å². The molecule has 0 spiro atoms. The molecular formula is C24H25BrN2O. The summed E-state index contributed by atoms with van der Waals surface area (Å²) in [5, 5.41) is 0. The number of aryl methyl sites for hydroxylation is 2. The van der Waals surface area contributed by atoms with Crippen LogP contribution in [0.1, 0.15) is 22.9 Å². The average molecular weight is 437 g/mol. The fourth-order valence-corrected chi connectivity index (χ4v) is 4.46. The minimum Gasteiger partial charge on any atom is -0.495 e. The van der Waals surface area contributed by atoms with Gasteiger partial charge in [0.05, 0.1) is 11.6 Å². The van der Waals surface area contributed by atoms with Crippen molar-refractivity contribution < 1.29 is 4.74 Å². The molecule has 0 bridgehead atoms. The van der Waals surface area contributed by atoms with Crippen LogP contribution in [0.5, 0.6) is 5.75 Å². The molecule has 3 aromatic carbocycles. The summed E-state index contributed by atoms with van der Waals surface area (Å²) in [6.45, 7) is 6.16. The van der Waals surface area contributed by atoms with E-state index in [1.165, 1.54) is 22.5 Å². The molecule has 0 N–H and O–H groups in total. The van der Waals surface area contributed by atoms with E-state index in [2.05, 4.69) is 100 Å². The summed E-state index contributed by atoms with van der Waals surface area (Å²) in [5.74, 6) is 0.892. The summed E-state index contributed by atoms with van der Waals surface area (Å²) in [5.41, 5.74) is 6.17. The van der Waals surface area contributed by atoms with Crippen molar-refractivity contribution in [3.63, 3.8) is 0 Å². The summed E-state index contributed by atoms with van der Waals surface area (Å²) < 4.78 is 6.77. The summed E-state index contributed by atoms with van der Waals surface area (Å²) in [4.78, 5) is 4.92. The highest BCUT2D eigenvalue weighted by atomic mass is 79.9. The molecular weight excluding hydrogens is 412 g/mol. The van der Waals surface area contributed by atoms with E-state index >= 15 is 0 Å². The largest absolute Gasteiger partial charge is 0.495 e. The standard InChI is InChI=1S/C24H25BrN2O/c1-17-7-11-19(12-8-17)26-15-16-27(20-13-9-18(2)10-14-20)24(26)21-5-4-6-22(25)23(21)28-3/h4-14,24H,15-16H2,1-3H3. The average Bonchev–Trinajstić information content (AvgIpc) is 3.13. The SMILES string of the molecule is COc1c(Br)cccc1C1N(c2ccc(C)cc2)CCN1c1ccc(C)cc1. The first-order valence-electron chi connectivity index (χ1n) is 9.57. The quantitative estimate of drug-likeness (QED) is 0.491. The third-order valence-corrected chi connectivity index (χ3v) is 6.01. The van der Waals surface area contributed by atoms with Gasteiger partial charge in [0.15, 0.2) is 0 Å². The van der Waals surface area contributed by atoms with E-state index in [-0.39, 0.29) is 6.17 Å². The number of anilines is 2. The summed E-state index contributed by atoms with van der Waals surface area (Å²) in [6.07, 6.45) is 0.0675. The van der Waals surface area contributed by atoms with Gasteiger partial charge < -0.3 is 14.5 Å². The normalized spacial score (nSPS) is 14.6. The minimum atomic E-state index is 0.0675. The van der Waals surface area contributed by atoms with Gasteiger partial charge >= 0.3 is 0 Å². The van der Waals surface area contributed by atoms with Crippen molar-refractivity contribution in [2.75, 3.05) is 30.0 Å². The topological polar surface area (TPSA) is 15.7 Å². The van der Waals surface area contributed by atoms with Crippen molar-refractivity contribution in [1.29, 1.82) is 0 Å². The molecule has 1 aliphatic rings. The van der Waals surface area contributed by atoms with Gasteiger partial charge in [-0.3, -0.25) is 0 Å². The molecule has 144 valence electrons. The molecule has 3 aromatic rings. The lowest BCUT2D eigenvalue weighted by Gasteiger charge is -2.34. The van der Waals surface area contributed by atoms with E-state index in [0.717, 1.165) is 28.9 Å². The number of para-hydroxylation sites is 1. The van der Waals surface area contributed by atoms with Crippen LogP contribution >= 0.6 is 15.9 Å². The number of hydrogen-bond donors (Lipinski definition) is 0. The molecule has 0 aromatic heterocycles. The van der Waals surface area contributed by atoms with Gasteiger partial charge in [-0.05, 0) is 60.1 Å². The summed E-state index contributed by atoms with van der Waals surface area (Å²) in [6, 6.07) is 23.9. The lowest BCUT2D eigenvalue weighted by molar-refractivity contribution is 0.403. The van der Waals surface area contributed by atoms with Crippen molar-refractivity contribution in [1.82, 2.24) is 0 Å². The fourth-order valence-electron chi connectivity index (χ4n) is 3.92. The Balaban J connectivity index is 1.83. The lowest BCUT2D eigenvalue weighted by Crippen LogP contribution is -2.31. The van der Waals surface area contributed by atoms with E-state index in [9.17, 15) is 0 Å². The Labute approximate surface area is 175 Å². The van der Waals surface area contributed by atoms with Gasteiger partial charge in [0.2, 0.25) is 0 Å². The Morgan fingerprint density at radius 1 is 0.786 bits per heavy atom. The van der Waals surface area contributed by atoms with Crippen molar-refractivity contribution in [3.05, 3.63) is 87.9 Å². The zero-order valence-corrected chi connectivity index (χ0v) is 18.1.